The molecule has 4 atom stereocenters. The molecule has 2 saturated heterocycles. The fraction of sp³-hybridized carbons (Fsp3) is 0.341. The largest absolute Gasteiger partial charge is 0.507 e. The van der Waals surface area contributed by atoms with Crippen molar-refractivity contribution < 1.29 is 33.4 Å². The summed E-state index contributed by atoms with van der Waals surface area (Å²) >= 11 is 0. The normalized spacial score (nSPS) is 22.0. The second-order valence-electron chi connectivity index (χ2n) is 15.5. The summed E-state index contributed by atoms with van der Waals surface area (Å²) in [5.74, 6) is -2.52. The number of hydrogen-bond donors (Lipinski definition) is 1. The third kappa shape index (κ3) is 6.45. The molecule has 8 nitrogen and oxygen atoms in total. The van der Waals surface area contributed by atoms with E-state index in [1.807, 2.05) is 42.5 Å². The molecule has 0 bridgehead atoms. The third-order valence-electron chi connectivity index (χ3n) is 11.4. The number of ether oxygens (including phenoxy) is 2. The van der Waals surface area contributed by atoms with E-state index in [0.717, 1.165) is 49.8 Å². The van der Waals surface area contributed by atoms with Crippen molar-refractivity contribution in [3.05, 3.63) is 119 Å². The minimum atomic E-state index is -2.95. The minimum absolute atomic E-state index is 0.252. The maximum absolute atomic E-state index is 13.8. The predicted octanol–water partition coefficient (Wildman–Crippen LogP) is 7.39. The SMILES string of the molecule is COC(=O)N1C(=O)[C@@H]2[C@@H](CC(CO[Si](c3ccccc3)(c3ccccc3)C(C)(C)C)=C3[C@@H](CC/C(C)=C/c4ccc(O)c5ccccc45)OC[C@@H]32)C1=O. The number of carbonyl (C=O) groups is 3. The summed E-state index contributed by atoms with van der Waals surface area (Å²) in [4.78, 5) is 41.0. The van der Waals surface area contributed by atoms with Crippen LogP contribution in [0.5, 0.6) is 5.75 Å². The molecule has 2 heterocycles. The van der Waals surface area contributed by atoms with Crippen LogP contribution in [0.3, 0.4) is 0 Å². The van der Waals surface area contributed by atoms with E-state index in [1.165, 1.54) is 7.11 Å². The first-order valence-electron chi connectivity index (χ1n) is 18.4. The number of allylic oxidation sites excluding steroid dienone is 1. The van der Waals surface area contributed by atoms with Crippen LogP contribution >= 0.6 is 0 Å². The van der Waals surface area contributed by atoms with Gasteiger partial charge in [0.2, 0.25) is 11.8 Å². The number of hydrogen-bond acceptors (Lipinski definition) is 7. The number of fused-ring (bicyclic) bond motifs is 4. The van der Waals surface area contributed by atoms with Crippen molar-refractivity contribution in [2.75, 3.05) is 20.3 Å². The Morgan fingerprint density at radius 1 is 0.887 bits per heavy atom. The van der Waals surface area contributed by atoms with E-state index in [2.05, 4.69) is 82.3 Å². The number of phenolic OH excluding ortho intramolecular Hbond substituents is 1. The summed E-state index contributed by atoms with van der Waals surface area (Å²) < 4.78 is 18.8. The molecule has 2 aliphatic heterocycles. The lowest BCUT2D eigenvalue weighted by atomic mass is 9.69. The summed E-state index contributed by atoms with van der Waals surface area (Å²) in [6.07, 6.45) is 2.63. The van der Waals surface area contributed by atoms with Gasteiger partial charge in [-0.2, -0.15) is 4.90 Å². The van der Waals surface area contributed by atoms with Gasteiger partial charge < -0.3 is 19.0 Å². The third-order valence-corrected chi connectivity index (χ3v) is 16.4. The molecule has 4 aromatic rings. The summed E-state index contributed by atoms with van der Waals surface area (Å²) in [6, 6.07) is 32.4. The van der Waals surface area contributed by atoms with E-state index in [4.69, 9.17) is 13.9 Å². The van der Waals surface area contributed by atoms with Gasteiger partial charge in [0.1, 0.15) is 5.75 Å². The zero-order valence-corrected chi connectivity index (χ0v) is 32.0. The van der Waals surface area contributed by atoms with Crippen molar-refractivity contribution >= 4 is 53.4 Å². The first-order chi connectivity index (χ1) is 25.5. The van der Waals surface area contributed by atoms with Crippen LogP contribution in [0.4, 0.5) is 4.79 Å². The van der Waals surface area contributed by atoms with Crippen LogP contribution in [-0.2, 0) is 23.5 Å². The Labute approximate surface area is 312 Å². The highest BCUT2D eigenvalue weighted by atomic mass is 28.4. The van der Waals surface area contributed by atoms with Crippen molar-refractivity contribution in [1.82, 2.24) is 4.90 Å². The number of methoxy groups -OCH3 is 1. The van der Waals surface area contributed by atoms with E-state index in [1.54, 1.807) is 6.07 Å². The zero-order valence-electron chi connectivity index (χ0n) is 31.0. The van der Waals surface area contributed by atoms with Crippen molar-refractivity contribution in [2.24, 2.45) is 17.8 Å². The average Bonchev–Trinajstić information content (AvgIpc) is 3.69. The highest BCUT2D eigenvalue weighted by molar-refractivity contribution is 6.99. The smallest absolute Gasteiger partial charge is 0.423 e. The van der Waals surface area contributed by atoms with Gasteiger partial charge in [-0.15, -0.1) is 0 Å². The Balaban J connectivity index is 1.26. The fourth-order valence-corrected chi connectivity index (χ4v) is 13.5. The van der Waals surface area contributed by atoms with Crippen molar-refractivity contribution in [2.45, 2.75) is 58.1 Å². The molecule has 3 amide bonds. The fourth-order valence-electron chi connectivity index (χ4n) is 8.96. The standard InChI is InChI=1S/C44H47NO7Si/c1-28(24-29-21-22-37(46)34-19-13-12-18-33(29)34)20-23-38-39-30(25-35-40(36(39)27-51-38)42(48)45(41(35)47)43(49)50-5)26-52-53(44(2,3)4,31-14-8-6-9-15-31)32-16-10-7-11-17-32/h6-19,21-22,24,35-36,38,40,46H,20,23,25-27H2,1-5H3/b28-24+/t35-,36+,38-,40-/m1/s1. The molecular weight excluding hydrogens is 683 g/mol. The van der Waals surface area contributed by atoms with E-state index in [0.29, 0.717) is 17.7 Å². The van der Waals surface area contributed by atoms with Gasteiger partial charge in [0.25, 0.3) is 8.32 Å². The second kappa shape index (κ2) is 14.5. The number of imide groups is 3. The number of carbonyl (C=O) groups excluding carboxylic acids is 3. The van der Waals surface area contributed by atoms with Crippen molar-refractivity contribution in [3.63, 3.8) is 0 Å². The number of likely N-dealkylation sites (tertiary alicyclic amines) is 1. The maximum atomic E-state index is 13.8. The van der Waals surface area contributed by atoms with Gasteiger partial charge in [0.05, 0.1) is 38.3 Å². The van der Waals surface area contributed by atoms with Crippen LogP contribution in [0, 0.1) is 17.8 Å². The molecule has 53 heavy (non-hydrogen) atoms. The van der Waals surface area contributed by atoms with Gasteiger partial charge in [-0.05, 0) is 69.8 Å². The monoisotopic (exact) mass is 729 g/mol. The number of nitrogens with zero attached hydrogens (tertiary/aromatic N) is 1. The molecule has 0 aromatic heterocycles. The van der Waals surface area contributed by atoms with E-state index < -0.39 is 38.1 Å². The Bertz CT molecular complexity index is 2060. The van der Waals surface area contributed by atoms with Gasteiger partial charge in [-0.25, -0.2) is 4.79 Å². The second-order valence-corrected chi connectivity index (χ2v) is 19.8. The van der Waals surface area contributed by atoms with E-state index in [9.17, 15) is 19.5 Å². The van der Waals surface area contributed by atoms with E-state index >= 15 is 0 Å². The minimum Gasteiger partial charge on any atom is -0.507 e. The molecule has 0 radical (unpaired) electrons. The average molecular weight is 730 g/mol. The van der Waals surface area contributed by atoms with Gasteiger partial charge in [0.15, 0.2) is 0 Å². The molecule has 0 spiro atoms. The summed E-state index contributed by atoms with van der Waals surface area (Å²) in [5.41, 5.74) is 4.18. The van der Waals surface area contributed by atoms with Gasteiger partial charge in [-0.3, -0.25) is 9.59 Å². The van der Waals surface area contributed by atoms with Crippen LogP contribution < -0.4 is 10.4 Å². The number of phenols is 1. The number of benzene rings is 4. The van der Waals surface area contributed by atoms with Crippen molar-refractivity contribution in [3.8, 4) is 5.75 Å². The molecule has 3 aliphatic rings. The first-order valence-corrected chi connectivity index (χ1v) is 20.3. The predicted molar refractivity (Wildman–Crippen MR) is 208 cm³/mol. The molecule has 0 saturated carbocycles. The summed E-state index contributed by atoms with van der Waals surface area (Å²) in [7, 11) is -1.76. The Morgan fingerprint density at radius 2 is 1.51 bits per heavy atom. The Morgan fingerprint density at radius 3 is 2.13 bits per heavy atom. The van der Waals surface area contributed by atoms with Crippen LogP contribution in [-0.4, -0.2) is 62.7 Å². The highest BCUT2D eigenvalue weighted by Gasteiger charge is 2.59. The number of amides is 3. The molecule has 2 fully saturated rings. The topological polar surface area (TPSA) is 102 Å². The van der Waals surface area contributed by atoms with Crippen LogP contribution in [0.15, 0.2) is 114 Å². The van der Waals surface area contributed by atoms with Gasteiger partial charge in [-0.1, -0.05) is 123 Å². The quantitative estimate of drug-likeness (QED) is 0.109. The number of rotatable bonds is 9. The molecule has 7 rings (SSSR count). The first kappa shape index (κ1) is 36.5. The summed E-state index contributed by atoms with van der Waals surface area (Å²) in [5, 5.41) is 14.2. The lowest BCUT2D eigenvalue weighted by molar-refractivity contribution is -0.137. The molecule has 1 N–H and O–H groups in total. The summed E-state index contributed by atoms with van der Waals surface area (Å²) in [6.45, 7) is 9.35. The van der Waals surface area contributed by atoms with Gasteiger partial charge >= 0.3 is 6.09 Å². The Hall–Kier alpha value is -4.83. The molecule has 0 unspecified atom stereocenters. The molecule has 9 heteroatoms. The highest BCUT2D eigenvalue weighted by Crippen LogP contribution is 2.50. The van der Waals surface area contributed by atoms with E-state index in [-0.39, 0.29) is 36.0 Å². The van der Waals surface area contributed by atoms with Crippen molar-refractivity contribution in [1.29, 1.82) is 0 Å². The molecule has 274 valence electrons. The van der Waals surface area contributed by atoms with Crippen LogP contribution in [0.25, 0.3) is 16.8 Å². The van der Waals surface area contributed by atoms with Crippen LogP contribution in [0.2, 0.25) is 5.04 Å². The lowest BCUT2D eigenvalue weighted by Crippen LogP contribution is -2.66. The zero-order chi connectivity index (χ0) is 37.5. The lowest BCUT2D eigenvalue weighted by Gasteiger charge is -2.44. The molecular formula is C44H47NO7Si. The van der Waals surface area contributed by atoms with Gasteiger partial charge in [0, 0.05) is 11.3 Å². The Kier molecular flexibility index (Phi) is 10.0. The maximum Gasteiger partial charge on any atom is 0.423 e. The van der Waals surface area contributed by atoms with Crippen LogP contribution in [0.1, 0.15) is 52.5 Å². The molecule has 1 aliphatic carbocycles. The molecule has 4 aromatic carbocycles. The number of aromatic hydroxyl groups is 1.